The molecule has 3 aromatic carbocycles. The zero-order chi connectivity index (χ0) is 21.1. The lowest BCUT2D eigenvalue weighted by atomic mass is 10.0. The fraction of sp³-hybridized carbons (Fsp3) is 0.160. The van der Waals surface area contributed by atoms with Crippen LogP contribution in [0.25, 0.3) is 22.1 Å². The molecule has 0 saturated carbocycles. The molecule has 0 aliphatic carbocycles. The number of methoxy groups -OCH3 is 1. The summed E-state index contributed by atoms with van der Waals surface area (Å²) >= 11 is 0. The predicted molar refractivity (Wildman–Crippen MR) is 115 cm³/mol. The summed E-state index contributed by atoms with van der Waals surface area (Å²) in [5.74, 6) is 0.423. The quantitative estimate of drug-likeness (QED) is 0.430. The molecule has 1 aromatic heterocycles. The zero-order valence-corrected chi connectivity index (χ0v) is 16.8. The molecule has 30 heavy (non-hydrogen) atoms. The first kappa shape index (κ1) is 19.6. The van der Waals surface area contributed by atoms with E-state index in [-0.39, 0.29) is 18.1 Å². The third-order valence-electron chi connectivity index (χ3n) is 5.08. The molecule has 0 spiro atoms. The third kappa shape index (κ3) is 3.87. The molecule has 0 unspecified atom stereocenters. The maximum atomic E-state index is 12.6. The van der Waals surface area contributed by atoms with Crippen LogP contribution in [0.5, 0.6) is 11.5 Å². The van der Waals surface area contributed by atoms with Gasteiger partial charge in [0.2, 0.25) is 5.76 Å². The molecule has 0 fully saturated rings. The average molecular weight is 402 g/mol. The van der Waals surface area contributed by atoms with Crippen molar-refractivity contribution in [3.8, 4) is 22.6 Å². The number of fused-ring (bicyclic) bond motifs is 1. The summed E-state index contributed by atoms with van der Waals surface area (Å²) in [4.78, 5) is 12.6. The van der Waals surface area contributed by atoms with Crippen LogP contribution in [-0.4, -0.2) is 24.8 Å². The first-order valence-corrected chi connectivity index (χ1v) is 9.68. The number of rotatable bonds is 6. The topological polar surface area (TPSA) is 68.9 Å². The summed E-state index contributed by atoms with van der Waals surface area (Å²) in [5, 5.41) is 11.1. The highest BCUT2D eigenvalue weighted by Gasteiger charge is 2.22. The van der Waals surface area contributed by atoms with Gasteiger partial charge < -0.3 is 19.0 Å². The van der Waals surface area contributed by atoms with E-state index in [0.717, 1.165) is 22.4 Å². The van der Waals surface area contributed by atoms with Gasteiger partial charge in [0.25, 0.3) is 0 Å². The maximum Gasteiger partial charge on any atom is 0.374 e. The van der Waals surface area contributed by atoms with Gasteiger partial charge in [-0.05, 0) is 47.9 Å². The Morgan fingerprint density at radius 1 is 1.00 bits per heavy atom. The normalized spacial score (nSPS) is 10.9. The minimum absolute atomic E-state index is 0.0740. The molecule has 5 nitrogen and oxygen atoms in total. The van der Waals surface area contributed by atoms with E-state index in [1.165, 1.54) is 0 Å². The first-order valence-electron chi connectivity index (χ1n) is 9.68. The Balaban J connectivity index is 1.52. The highest BCUT2D eigenvalue weighted by atomic mass is 16.5. The van der Waals surface area contributed by atoms with E-state index in [2.05, 4.69) is 0 Å². The summed E-state index contributed by atoms with van der Waals surface area (Å²) < 4.78 is 16.3. The smallest absolute Gasteiger partial charge is 0.374 e. The minimum Gasteiger partial charge on any atom is -0.507 e. The Morgan fingerprint density at radius 2 is 1.73 bits per heavy atom. The summed E-state index contributed by atoms with van der Waals surface area (Å²) in [6.07, 6.45) is 0.582. The molecule has 4 aromatic rings. The number of hydrogen-bond acceptors (Lipinski definition) is 5. The molecule has 0 radical (unpaired) electrons. The maximum absolute atomic E-state index is 12.6. The van der Waals surface area contributed by atoms with Crippen LogP contribution in [0.3, 0.4) is 0 Å². The van der Waals surface area contributed by atoms with Crippen molar-refractivity contribution in [2.24, 2.45) is 0 Å². The van der Waals surface area contributed by atoms with Crippen molar-refractivity contribution < 1.29 is 23.8 Å². The third-order valence-corrected chi connectivity index (χ3v) is 5.08. The van der Waals surface area contributed by atoms with E-state index in [1.54, 1.807) is 20.1 Å². The number of phenolic OH excluding ortho intramolecular Hbond substituents is 1. The van der Waals surface area contributed by atoms with Crippen LogP contribution in [-0.2, 0) is 11.2 Å². The van der Waals surface area contributed by atoms with Gasteiger partial charge in [-0.3, -0.25) is 0 Å². The number of phenols is 1. The average Bonchev–Trinajstić information content (AvgIpc) is 3.11. The fourth-order valence-electron chi connectivity index (χ4n) is 3.47. The van der Waals surface area contributed by atoms with Gasteiger partial charge in [0, 0.05) is 12.0 Å². The Hall–Kier alpha value is -3.73. The lowest BCUT2D eigenvalue weighted by molar-refractivity contribution is 0.0474. The highest BCUT2D eigenvalue weighted by molar-refractivity contribution is 5.99. The van der Waals surface area contributed by atoms with Gasteiger partial charge in [0.05, 0.1) is 19.1 Å². The Labute approximate surface area is 174 Å². The van der Waals surface area contributed by atoms with Crippen LogP contribution < -0.4 is 4.74 Å². The van der Waals surface area contributed by atoms with Crippen molar-refractivity contribution in [1.29, 1.82) is 0 Å². The molecule has 0 aliphatic heterocycles. The fourth-order valence-corrected chi connectivity index (χ4v) is 3.47. The second-order valence-corrected chi connectivity index (χ2v) is 7.02. The Kier molecular flexibility index (Phi) is 5.44. The second kappa shape index (κ2) is 8.33. The van der Waals surface area contributed by atoms with Crippen LogP contribution in [0.2, 0.25) is 0 Å². The number of aromatic hydroxyl groups is 1. The summed E-state index contributed by atoms with van der Waals surface area (Å²) in [5.41, 5.74) is 3.82. The van der Waals surface area contributed by atoms with Crippen molar-refractivity contribution in [2.45, 2.75) is 13.3 Å². The van der Waals surface area contributed by atoms with Crippen molar-refractivity contribution in [3.63, 3.8) is 0 Å². The predicted octanol–water partition coefficient (Wildman–Crippen LogP) is 5.52. The van der Waals surface area contributed by atoms with Gasteiger partial charge in [0.15, 0.2) is 0 Å². The van der Waals surface area contributed by atoms with Gasteiger partial charge in [-0.25, -0.2) is 4.79 Å². The zero-order valence-electron chi connectivity index (χ0n) is 16.8. The lowest BCUT2D eigenvalue weighted by Crippen LogP contribution is -2.08. The molecule has 0 saturated heterocycles. The van der Waals surface area contributed by atoms with Gasteiger partial charge in [0.1, 0.15) is 17.1 Å². The van der Waals surface area contributed by atoms with Gasteiger partial charge >= 0.3 is 5.97 Å². The first-order chi connectivity index (χ1) is 14.6. The molecule has 5 heteroatoms. The molecule has 0 amide bonds. The van der Waals surface area contributed by atoms with E-state index < -0.39 is 5.97 Å². The van der Waals surface area contributed by atoms with E-state index in [9.17, 15) is 9.90 Å². The molecular weight excluding hydrogens is 380 g/mol. The number of aryl methyl sites for hydroxylation is 1. The van der Waals surface area contributed by atoms with E-state index >= 15 is 0 Å². The minimum atomic E-state index is -0.544. The summed E-state index contributed by atoms with van der Waals surface area (Å²) in [7, 11) is 1.62. The second-order valence-electron chi connectivity index (χ2n) is 7.02. The number of furan rings is 1. The van der Waals surface area contributed by atoms with Crippen molar-refractivity contribution in [2.75, 3.05) is 13.7 Å². The molecule has 0 bridgehead atoms. The van der Waals surface area contributed by atoms with Crippen LogP contribution in [0.1, 0.15) is 21.7 Å². The SMILES string of the molecule is COc1ccc(CCOC(=O)c2oc3cc(-c4ccccc4)cc(O)c3c2C)cc1. The van der Waals surface area contributed by atoms with Crippen molar-refractivity contribution in [1.82, 2.24) is 0 Å². The molecule has 0 aliphatic rings. The van der Waals surface area contributed by atoms with Crippen molar-refractivity contribution >= 4 is 16.9 Å². The van der Waals surface area contributed by atoms with E-state index in [4.69, 9.17) is 13.9 Å². The van der Waals surface area contributed by atoms with Gasteiger partial charge in [-0.2, -0.15) is 0 Å². The standard InChI is InChI=1S/C25H22O5/c1-16-23-21(26)14-19(18-6-4-3-5-7-18)15-22(23)30-24(16)25(27)29-13-12-17-8-10-20(28-2)11-9-17/h3-11,14-15,26H,12-13H2,1-2H3. The van der Waals surface area contributed by atoms with E-state index in [1.807, 2.05) is 60.7 Å². The van der Waals surface area contributed by atoms with Crippen LogP contribution in [0.4, 0.5) is 0 Å². The number of carbonyl (C=O) groups is 1. The van der Waals surface area contributed by atoms with Crippen LogP contribution in [0, 0.1) is 6.92 Å². The molecular formula is C25H22O5. The molecule has 0 atom stereocenters. The number of benzene rings is 3. The van der Waals surface area contributed by atoms with Gasteiger partial charge in [-0.15, -0.1) is 0 Å². The summed E-state index contributed by atoms with van der Waals surface area (Å²) in [6.45, 7) is 1.97. The monoisotopic (exact) mass is 402 g/mol. The van der Waals surface area contributed by atoms with Crippen molar-refractivity contribution in [3.05, 3.63) is 83.6 Å². The highest BCUT2D eigenvalue weighted by Crippen LogP contribution is 2.37. The van der Waals surface area contributed by atoms with Gasteiger partial charge in [-0.1, -0.05) is 42.5 Å². The Morgan fingerprint density at radius 3 is 2.43 bits per heavy atom. The summed E-state index contributed by atoms with van der Waals surface area (Å²) in [6, 6.07) is 20.8. The molecule has 1 heterocycles. The molecule has 152 valence electrons. The number of esters is 1. The lowest BCUT2D eigenvalue weighted by Gasteiger charge is -2.05. The number of ether oxygens (including phenoxy) is 2. The molecule has 1 N–H and O–H groups in total. The molecule has 4 rings (SSSR count). The van der Waals surface area contributed by atoms with Crippen LogP contribution in [0.15, 0.2) is 71.1 Å². The Bertz CT molecular complexity index is 1170. The van der Waals surface area contributed by atoms with Crippen LogP contribution >= 0.6 is 0 Å². The van der Waals surface area contributed by atoms with E-state index in [0.29, 0.717) is 23.0 Å². The largest absolute Gasteiger partial charge is 0.507 e. The number of carbonyl (C=O) groups excluding carboxylic acids is 1. The number of hydrogen-bond donors (Lipinski definition) is 1.